The number of rotatable bonds is 9. The van der Waals surface area contributed by atoms with Gasteiger partial charge in [0.2, 0.25) is 5.78 Å². The van der Waals surface area contributed by atoms with Crippen LogP contribution in [0.2, 0.25) is 0 Å². The first-order valence-corrected chi connectivity index (χ1v) is 11.5. The largest absolute Gasteiger partial charge is 0.497 e. The van der Waals surface area contributed by atoms with E-state index in [1.54, 1.807) is 19.2 Å². The zero-order valence-electron chi connectivity index (χ0n) is 19.9. The van der Waals surface area contributed by atoms with Crippen molar-refractivity contribution < 1.29 is 19.1 Å². The maximum atomic E-state index is 12.8. The summed E-state index contributed by atoms with van der Waals surface area (Å²) in [6.07, 6.45) is 3.10. The number of esters is 1. The number of hydrogen-bond donors (Lipinski definition) is 0. The number of Topliss-reactive ketones (excluding diaryl/α,β-unsaturated/α-hetero) is 1. The van der Waals surface area contributed by atoms with Crippen molar-refractivity contribution in [1.29, 1.82) is 0 Å². The monoisotopic (exact) mass is 462 g/mol. The van der Waals surface area contributed by atoms with Crippen molar-refractivity contribution in [2.75, 3.05) is 31.7 Å². The first-order chi connectivity index (χ1) is 16.5. The Labute approximate surface area is 199 Å². The lowest BCUT2D eigenvalue weighted by atomic mass is 10.1. The highest BCUT2D eigenvalue weighted by Gasteiger charge is 2.20. The van der Waals surface area contributed by atoms with Crippen LogP contribution >= 0.6 is 0 Å². The highest BCUT2D eigenvalue weighted by Crippen LogP contribution is 2.19. The molecule has 0 saturated carbocycles. The molecule has 3 aromatic rings. The van der Waals surface area contributed by atoms with Gasteiger partial charge in [0.25, 0.3) is 0 Å². The minimum absolute atomic E-state index is 0.0979. The van der Waals surface area contributed by atoms with Gasteiger partial charge in [0.1, 0.15) is 5.75 Å². The number of aromatic nitrogens is 3. The second-order valence-electron chi connectivity index (χ2n) is 8.50. The number of benzene rings is 1. The van der Waals surface area contributed by atoms with Crippen molar-refractivity contribution >= 4 is 17.6 Å². The zero-order chi connectivity index (χ0) is 24.1. The van der Waals surface area contributed by atoms with Crippen molar-refractivity contribution in [1.82, 2.24) is 14.8 Å². The molecule has 1 saturated heterocycles. The van der Waals surface area contributed by atoms with E-state index in [0.717, 1.165) is 61.9 Å². The topological polar surface area (TPSA) is 86.5 Å². The summed E-state index contributed by atoms with van der Waals surface area (Å²) in [5, 5.41) is 8.12. The van der Waals surface area contributed by atoms with E-state index < -0.39 is 5.97 Å². The Morgan fingerprint density at radius 2 is 1.74 bits per heavy atom. The summed E-state index contributed by atoms with van der Waals surface area (Å²) >= 11 is 0. The average molecular weight is 463 g/mol. The van der Waals surface area contributed by atoms with Gasteiger partial charge < -0.3 is 18.9 Å². The Morgan fingerprint density at radius 1 is 1.00 bits per heavy atom. The molecule has 178 valence electrons. The summed E-state index contributed by atoms with van der Waals surface area (Å²) in [4.78, 5) is 27.3. The lowest BCUT2D eigenvalue weighted by Crippen LogP contribution is -2.20. The number of aryl methyl sites for hydroxylation is 2. The zero-order valence-corrected chi connectivity index (χ0v) is 19.9. The summed E-state index contributed by atoms with van der Waals surface area (Å²) in [5.74, 6) is 0.696. The van der Waals surface area contributed by atoms with Crippen LogP contribution in [0, 0.1) is 13.8 Å². The van der Waals surface area contributed by atoms with E-state index >= 15 is 0 Å². The van der Waals surface area contributed by atoms with Gasteiger partial charge in [-0.1, -0.05) is 12.1 Å². The first kappa shape index (κ1) is 23.5. The predicted octanol–water partition coefficient (Wildman–Crippen LogP) is 3.79. The predicted molar refractivity (Wildman–Crippen MR) is 129 cm³/mol. The fourth-order valence-corrected chi connectivity index (χ4v) is 4.29. The van der Waals surface area contributed by atoms with Crippen molar-refractivity contribution in [3.63, 3.8) is 0 Å². The molecule has 0 spiro atoms. The second-order valence-corrected chi connectivity index (χ2v) is 8.50. The molecule has 0 radical (unpaired) electrons. The minimum Gasteiger partial charge on any atom is -0.497 e. The standard InChI is InChI=1S/C26H30N4O4/c1-18-16-22(19(2)30(18)15-12-20-6-8-21(33-3)9-7-20)24(31)17-34-26(32)23-10-11-25(28-27-23)29-13-4-5-14-29/h6-11,16H,4-5,12-15,17H2,1-3H3. The Bertz CT molecular complexity index is 1150. The Morgan fingerprint density at radius 3 is 2.38 bits per heavy atom. The molecule has 4 rings (SSSR count). The number of nitrogens with zero attached hydrogens (tertiary/aromatic N) is 4. The smallest absolute Gasteiger partial charge is 0.359 e. The number of methoxy groups -OCH3 is 1. The molecule has 0 aliphatic carbocycles. The van der Waals surface area contributed by atoms with E-state index in [2.05, 4.69) is 19.7 Å². The van der Waals surface area contributed by atoms with E-state index in [1.165, 1.54) is 5.56 Å². The number of hydrogen-bond acceptors (Lipinski definition) is 7. The molecule has 0 atom stereocenters. The molecule has 1 aliphatic rings. The van der Waals surface area contributed by atoms with Crippen LogP contribution in [0.25, 0.3) is 0 Å². The summed E-state index contributed by atoms with van der Waals surface area (Å²) in [6, 6.07) is 13.2. The van der Waals surface area contributed by atoms with E-state index in [1.807, 2.05) is 44.2 Å². The Balaban J connectivity index is 1.34. The third-order valence-corrected chi connectivity index (χ3v) is 6.28. The number of carbonyl (C=O) groups excluding carboxylic acids is 2. The maximum Gasteiger partial charge on any atom is 0.359 e. The van der Waals surface area contributed by atoms with Crippen LogP contribution in [0.5, 0.6) is 5.75 Å². The summed E-state index contributed by atoms with van der Waals surface area (Å²) in [7, 11) is 1.65. The molecule has 1 aliphatic heterocycles. The third kappa shape index (κ3) is 5.27. The molecule has 8 nitrogen and oxygen atoms in total. The number of carbonyl (C=O) groups is 2. The van der Waals surface area contributed by atoms with E-state index in [-0.39, 0.29) is 18.1 Å². The van der Waals surface area contributed by atoms with E-state index in [9.17, 15) is 9.59 Å². The summed E-state index contributed by atoms with van der Waals surface area (Å²) in [5.41, 5.74) is 3.70. The van der Waals surface area contributed by atoms with Crippen LogP contribution < -0.4 is 9.64 Å². The average Bonchev–Trinajstić information content (AvgIpc) is 3.50. The van der Waals surface area contributed by atoms with Gasteiger partial charge in [-0.15, -0.1) is 10.2 Å². The Hall–Kier alpha value is -3.68. The van der Waals surface area contributed by atoms with Crippen LogP contribution in [0.1, 0.15) is 50.6 Å². The van der Waals surface area contributed by atoms with Gasteiger partial charge in [-0.2, -0.15) is 0 Å². The number of anilines is 1. The molecule has 1 fully saturated rings. The molecule has 34 heavy (non-hydrogen) atoms. The molecule has 3 heterocycles. The molecule has 0 bridgehead atoms. The van der Waals surface area contributed by atoms with Crippen LogP contribution in [-0.4, -0.2) is 53.3 Å². The van der Waals surface area contributed by atoms with Gasteiger partial charge in [-0.3, -0.25) is 4.79 Å². The fourth-order valence-electron chi connectivity index (χ4n) is 4.29. The van der Waals surface area contributed by atoms with Crippen LogP contribution in [0.4, 0.5) is 5.82 Å². The van der Waals surface area contributed by atoms with Gasteiger partial charge in [0, 0.05) is 36.6 Å². The van der Waals surface area contributed by atoms with Gasteiger partial charge in [0.05, 0.1) is 7.11 Å². The molecular weight excluding hydrogens is 432 g/mol. The lowest BCUT2D eigenvalue weighted by molar-refractivity contribution is 0.0467. The number of ether oxygens (including phenoxy) is 2. The van der Waals surface area contributed by atoms with Crippen LogP contribution in [0.15, 0.2) is 42.5 Å². The van der Waals surface area contributed by atoms with Gasteiger partial charge in [-0.25, -0.2) is 4.79 Å². The van der Waals surface area contributed by atoms with Crippen molar-refractivity contribution in [2.24, 2.45) is 0 Å². The Kier molecular flexibility index (Phi) is 7.25. The quantitative estimate of drug-likeness (QED) is 0.353. The fraction of sp³-hybridized carbons (Fsp3) is 0.385. The minimum atomic E-state index is -0.651. The van der Waals surface area contributed by atoms with Crippen molar-refractivity contribution in [3.05, 3.63) is 70.7 Å². The first-order valence-electron chi connectivity index (χ1n) is 11.5. The van der Waals surface area contributed by atoms with Crippen molar-refractivity contribution in [2.45, 2.75) is 39.7 Å². The third-order valence-electron chi connectivity index (χ3n) is 6.28. The summed E-state index contributed by atoms with van der Waals surface area (Å²) < 4.78 is 12.6. The lowest BCUT2D eigenvalue weighted by Gasteiger charge is -2.15. The van der Waals surface area contributed by atoms with Gasteiger partial charge in [-0.05, 0) is 69.0 Å². The molecule has 0 amide bonds. The van der Waals surface area contributed by atoms with Gasteiger partial charge >= 0.3 is 5.97 Å². The maximum absolute atomic E-state index is 12.8. The molecule has 0 unspecified atom stereocenters. The van der Waals surface area contributed by atoms with E-state index in [0.29, 0.717) is 5.56 Å². The van der Waals surface area contributed by atoms with Gasteiger partial charge in [0.15, 0.2) is 18.1 Å². The SMILES string of the molecule is COc1ccc(CCn2c(C)cc(C(=O)COC(=O)c3ccc(N4CCCC4)nn3)c2C)cc1. The van der Waals surface area contributed by atoms with Crippen LogP contribution in [-0.2, 0) is 17.7 Å². The highest BCUT2D eigenvalue weighted by molar-refractivity contribution is 6.00. The molecule has 1 aromatic carbocycles. The molecular formula is C26H30N4O4. The molecule has 0 N–H and O–H groups in total. The molecule has 2 aromatic heterocycles. The second kappa shape index (κ2) is 10.5. The summed E-state index contributed by atoms with van der Waals surface area (Å²) in [6.45, 7) is 6.20. The van der Waals surface area contributed by atoms with Crippen LogP contribution in [0.3, 0.4) is 0 Å². The number of ketones is 1. The molecule has 8 heteroatoms. The van der Waals surface area contributed by atoms with E-state index in [4.69, 9.17) is 9.47 Å². The normalized spacial score (nSPS) is 13.2. The highest BCUT2D eigenvalue weighted by atomic mass is 16.5. The van der Waals surface area contributed by atoms with Crippen molar-refractivity contribution in [3.8, 4) is 5.75 Å².